The van der Waals surface area contributed by atoms with Crippen molar-refractivity contribution in [3.05, 3.63) is 35.0 Å². The van der Waals surface area contributed by atoms with Crippen molar-refractivity contribution >= 4 is 16.6 Å². The molecule has 1 aromatic heterocycles. The Morgan fingerprint density at radius 1 is 1.25 bits per heavy atom. The van der Waals surface area contributed by atoms with Gasteiger partial charge in [-0.2, -0.15) is 0 Å². The summed E-state index contributed by atoms with van der Waals surface area (Å²) >= 11 is 0. The molecule has 4 heteroatoms. The highest BCUT2D eigenvalue weighted by Crippen LogP contribution is 2.27. The van der Waals surface area contributed by atoms with Crippen molar-refractivity contribution < 1.29 is 8.78 Å². The first-order valence-corrected chi connectivity index (χ1v) is 5.08. The summed E-state index contributed by atoms with van der Waals surface area (Å²) in [5.41, 5.74) is 8.41. The van der Waals surface area contributed by atoms with Gasteiger partial charge in [0.05, 0.1) is 5.52 Å². The predicted molar refractivity (Wildman–Crippen MR) is 60.2 cm³/mol. The number of nitrogens with zero attached hydrogens (tertiary/aromatic N) is 1. The van der Waals surface area contributed by atoms with Gasteiger partial charge in [-0.3, -0.25) is 4.98 Å². The number of anilines is 1. The van der Waals surface area contributed by atoms with E-state index in [2.05, 4.69) is 4.98 Å². The minimum Gasteiger partial charge on any atom is -0.398 e. The Labute approximate surface area is 92.1 Å². The zero-order valence-electron chi connectivity index (χ0n) is 9.14. The molecule has 0 amide bonds. The Balaban J connectivity index is 2.87. The quantitative estimate of drug-likeness (QED) is 0.805. The van der Waals surface area contributed by atoms with Gasteiger partial charge in [0.1, 0.15) is 0 Å². The molecule has 0 saturated carbocycles. The van der Waals surface area contributed by atoms with Crippen molar-refractivity contribution in [2.24, 2.45) is 0 Å². The number of fused-ring (bicyclic) bond motifs is 1. The second kappa shape index (κ2) is 3.70. The number of pyridine rings is 1. The highest BCUT2D eigenvalue weighted by Gasteiger charge is 2.11. The molecular weight excluding hydrogens is 210 g/mol. The summed E-state index contributed by atoms with van der Waals surface area (Å²) in [5, 5.41) is 0.466. The van der Waals surface area contributed by atoms with E-state index in [4.69, 9.17) is 5.73 Å². The number of halogens is 2. The van der Waals surface area contributed by atoms with E-state index in [1.54, 1.807) is 0 Å². The molecule has 0 unspecified atom stereocenters. The lowest BCUT2D eigenvalue weighted by atomic mass is 10.1. The number of aromatic nitrogens is 1. The molecule has 0 aliphatic carbocycles. The molecule has 0 spiro atoms. The number of nitrogen functional groups attached to an aromatic ring is 1. The molecular formula is C12H12F2N2. The summed E-state index contributed by atoms with van der Waals surface area (Å²) in [6, 6.07) is 2.18. The Kier molecular flexibility index (Phi) is 2.50. The SMILES string of the molecule is CCc1nc2cc(F)c(F)cc2c(N)c1C. The molecule has 2 aromatic rings. The molecule has 16 heavy (non-hydrogen) atoms. The molecule has 0 radical (unpaired) electrons. The summed E-state index contributed by atoms with van der Waals surface area (Å²) < 4.78 is 26.1. The van der Waals surface area contributed by atoms with Crippen LogP contribution in [0.25, 0.3) is 10.9 Å². The van der Waals surface area contributed by atoms with Crippen molar-refractivity contribution in [3.8, 4) is 0 Å². The molecule has 84 valence electrons. The lowest BCUT2D eigenvalue weighted by Crippen LogP contribution is -2.01. The molecule has 1 aromatic carbocycles. The molecule has 0 aliphatic heterocycles. The van der Waals surface area contributed by atoms with Gasteiger partial charge in [0, 0.05) is 22.8 Å². The number of rotatable bonds is 1. The second-order valence-electron chi connectivity index (χ2n) is 3.73. The van der Waals surface area contributed by atoms with Gasteiger partial charge in [-0.25, -0.2) is 8.78 Å². The fourth-order valence-electron chi connectivity index (χ4n) is 1.78. The standard InChI is InChI=1S/C12H12F2N2/c1-3-10-6(2)12(15)7-4-8(13)9(14)5-11(7)16-10/h4-5H,3H2,1-2H3,(H2,15,16). The normalized spacial score (nSPS) is 11.0. The molecule has 2 nitrogen and oxygen atoms in total. The third-order valence-corrected chi connectivity index (χ3v) is 2.76. The van der Waals surface area contributed by atoms with Crippen LogP contribution in [0.3, 0.4) is 0 Å². The highest BCUT2D eigenvalue weighted by molar-refractivity contribution is 5.92. The minimum atomic E-state index is -0.898. The van der Waals surface area contributed by atoms with Crippen LogP contribution in [0.15, 0.2) is 12.1 Å². The van der Waals surface area contributed by atoms with Crippen LogP contribution in [0.5, 0.6) is 0 Å². The van der Waals surface area contributed by atoms with Crippen molar-refractivity contribution in [3.63, 3.8) is 0 Å². The molecule has 1 heterocycles. The van der Waals surface area contributed by atoms with Crippen LogP contribution in [-0.2, 0) is 6.42 Å². The average Bonchev–Trinajstić information content (AvgIpc) is 2.26. The number of benzene rings is 1. The average molecular weight is 222 g/mol. The van der Waals surface area contributed by atoms with E-state index in [-0.39, 0.29) is 0 Å². The maximum atomic E-state index is 13.1. The highest BCUT2D eigenvalue weighted by atomic mass is 19.2. The summed E-state index contributed by atoms with van der Waals surface area (Å²) in [6.45, 7) is 3.78. The fraction of sp³-hybridized carbons (Fsp3) is 0.250. The number of hydrogen-bond donors (Lipinski definition) is 1. The maximum absolute atomic E-state index is 13.1. The molecule has 0 fully saturated rings. The lowest BCUT2D eigenvalue weighted by Gasteiger charge is -2.10. The third kappa shape index (κ3) is 1.50. The van der Waals surface area contributed by atoms with Crippen LogP contribution in [0.4, 0.5) is 14.5 Å². The van der Waals surface area contributed by atoms with Crippen LogP contribution >= 0.6 is 0 Å². The van der Waals surface area contributed by atoms with E-state index in [1.165, 1.54) is 0 Å². The van der Waals surface area contributed by atoms with Gasteiger partial charge in [0.2, 0.25) is 0 Å². The first-order valence-electron chi connectivity index (χ1n) is 5.08. The van der Waals surface area contributed by atoms with Crippen molar-refractivity contribution in [1.29, 1.82) is 0 Å². The van der Waals surface area contributed by atoms with Crippen molar-refractivity contribution in [2.75, 3.05) is 5.73 Å². The Hall–Kier alpha value is -1.71. The topological polar surface area (TPSA) is 38.9 Å². The smallest absolute Gasteiger partial charge is 0.161 e. The summed E-state index contributed by atoms with van der Waals surface area (Å²) in [5.74, 6) is -1.80. The maximum Gasteiger partial charge on any atom is 0.161 e. The first kappa shape index (κ1) is 10.8. The van der Waals surface area contributed by atoms with Crippen molar-refractivity contribution in [1.82, 2.24) is 4.98 Å². The van der Waals surface area contributed by atoms with Crippen LogP contribution in [0, 0.1) is 18.6 Å². The minimum absolute atomic E-state index is 0.402. The van der Waals surface area contributed by atoms with Crippen molar-refractivity contribution in [2.45, 2.75) is 20.3 Å². The number of hydrogen-bond acceptors (Lipinski definition) is 2. The molecule has 0 saturated heterocycles. The van der Waals surface area contributed by atoms with Gasteiger partial charge < -0.3 is 5.73 Å². The van der Waals surface area contributed by atoms with E-state index in [0.717, 1.165) is 23.4 Å². The number of aryl methyl sites for hydroxylation is 1. The summed E-state index contributed by atoms with van der Waals surface area (Å²) in [6.07, 6.45) is 0.713. The summed E-state index contributed by atoms with van der Waals surface area (Å²) in [7, 11) is 0. The largest absolute Gasteiger partial charge is 0.398 e. The van der Waals surface area contributed by atoms with E-state index in [9.17, 15) is 8.78 Å². The lowest BCUT2D eigenvalue weighted by molar-refractivity contribution is 0.510. The van der Waals surface area contributed by atoms with Gasteiger partial charge in [0.15, 0.2) is 11.6 Å². The molecule has 0 aliphatic rings. The zero-order valence-corrected chi connectivity index (χ0v) is 9.14. The Morgan fingerprint density at radius 3 is 2.50 bits per heavy atom. The first-order chi connectivity index (χ1) is 7.54. The van der Waals surface area contributed by atoms with E-state index in [1.807, 2.05) is 13.8 Å². The van der Waals surface area contributed by atoms with E-state index < -0.39 is 11.6 Å². The monoisotopic (exact) mass is 222 g/mol. The third-order valence-electron chi connectivity index (χ3n) is 2.76. The van der Waals surface area contributed by atoms with Gasteiger partial charge in [0.25, 0.3) is 0 Å². The fourth-order valence-corrected chi connectivity index (χ4v) is 1.78. The van der Waals surface area contributed by atoms with Crippen LogP contribution < -0.4 is 5.73 Å². The number of nitrogens with two attached hydrogens (primary N) is 1. The van der Waals surface area contributed by atoms with Gasteiger partial charge in [-0.1, -0.05) is 6.92 Å². The summed E-state index contributed by atoms with van der Waals surface area (Å²) in [4.78, 5) is 4.27. The van der Waals surface area contributed by atoms with Gasteiger partial charge in [-0.15, -0.1) is 0 Å². The van der Waals surface area contributed by atoms with Crippen LogP contribution in [0.1, 0.15) is 18.2 Å². The zero-order chi connectivity index (χ0) is 11.9. The van der Waals surface area contributed by atoms with E-state index >= 15 is 0 Å². The molecule has 2 rings (SSSR count). The van der Waals surface area contributed by atoms with Gasteiger partial charge in [-0.05, 0) is 25.0 Å². The predicted octanol–water partition coefficient (Wildman–Crippen LogP) is 2.97. The van der Waals surface area contributed by atoms with E-state index in [0.29, 0.717) is 23.0 Å². The second-order valence-corrected chi connectivity index (χ2v) is 3.73. The molecule has 2 N–H and O–H groups in total. The van der Waals surface area contributed by atoms with Crippen LogP contribution in [-0.4, -0.2) is 4.98 Å². The Bertz CT molecular complexity index is 565. The van der Waals surface area contributed by atoms with Gasteiger partial charge >= 0.3 is 0 Å². The Morgan fingerprint density at radius 2 is 1.88 bits per heavy atom. The molecule has 0 bridgehead atoms. The molecule has 0 atom stereocenters. The van der Waals surface area contributed by atoms with Crippen LogP contribution in [0.2, 0.25) is 0 Å².